The van der Waals surface area contributed by atoms with Crippen molar-refractivity contribution in [2.24, 2.45) is 0 Å². The number of aryl methyl sites for hydroxylation is 1. The molecular formula is C11H17N3O2. The highest BCUT2D eigenvalue weighted by molar-refractivity contribution is 5.68. The van der Waals surface area contributed by atoms with Gasteiger partial charge in [0, 0.05) is 30.9 Å². The molecule has 1 aliphatic heterocycles. The maximum Gasteiger partial charge on any atom is 0.408 e. The molecule has 1 amide bonds. The van der Waals surface area contributed by atoms with E-state index in [4.69, 9.17) is 4.74 Å². The van der Waals surface area contributed by atoms with Gasteiger partial charge in [0.2, 0.25) is 0 Å². The van der Waals surface area contributed by atoms with Gasteiger partial charge in [-0.3, -0.25) is 0 Å². The monoisotopic (exact) mass is 223 g/mol. The second-order valence-electron chi connectivity index (χ2n) is 5.04. The Morgan fingerprint density at radius 3 is 3.06 bits per heavy atom. The molecule has 0 radical (unpaired) electrons. The molecule has 2 rings (SSSR count). The van der Waals surface area contributed by atoms with Gasteiger partial charge in [0.15, 0.2) is 6.10 Å². The first kappa shape index (κ1) is 11.0. The molecule has 1 N–H and O–H groups in total. The lowest BCUT2D eigenvalue weighted by Gasteiger charge is -2.21. The van der Waals surface area contributed by atoms with E-state index < -0.39 is 0 Å². The highest BCUT2D eigenvalue weighted by atomic mass is 16.6. The summed E-state index contributed by atoms with van der Waals surface area (Å²) in [5, 5.41) is 2.77. The van der Waals surface area contributed by atoms with Gasteiger partial charge in [-0.25, -0.2) is 9.78 Å². The molecule has 0 aromatic carbocycles. The van der Waals surface area contributed by atoms with Crippen LogP contribution < -0.4 is 5.32 Å². The number of rotatable bonds is 1. The zero-order valence-corrected chi connectivity index (χ0v) is 9.86. The van der Waals surface area contributed by atoms with Crippen molar-refractivity contribution in [2.45, 2.75) is 45.4 Å². The number of hydrogen-bond donors (Lipinski definition) is 1. The van der Waals surface area contributed by atoms with Gasteiger partial charge in [-0.05, 0) is 20.8 Å². The Morgan fingerprint density at radius 2 is 2.38 bits per heavy atom. The van der Waals surface area contributed by atoms with Gasteiger partial charge in [0.05, 0.1) is 0 Å². The third-order valence-electron chi connectivity index (χ3n) is 2.39. The van der Waals surface area contributed by atoms with Crippen molar-refractivity contribution in [3.63, 3.8) is 0 Å². The lowest BCUT2D eigenvalue weighted by atomic mass is 10.1. The smallest absolute Gasteiger partial charge is 0.408 e. The van der Waals surface area contributed by atoms with Gasteiger partial charge >= 0.3 is 6.09 Å². The molecule has 1 aliphatic rings. The maximum absolute atomic E-state index is 11.6. The summed E-state index contributed by atoms with van der Waals surface area (Å²) in [6, 6.07) is 0. The van der Waals surface area contributed by atoms with Gasteiger partial charge in [-0.2, -0.15) is 0 Å². The molecule has 0 aliphatic carbocycles. The lowest BCUT2D eigenvalue weighted by Crippen LogP contribution is -2.41. The van der Waals surface area contributed by atoms with Gasteiger partial charge in [0.25, 0.3) is 0 Å². The number of aromatic nitrogens is 2. The Hall–Kier alpha value is -1.52. The fourth-order valence-electron chi connectivity index (χ4n) is 1.76. The number of nitrogens with one attached hydrogen (secondary N) is 1. The van der Waals surface area contributed by atoms with Crippen LogP contribution in [0.5, 0.6) is 0 Å². The zero-order valence-electron chi connectivity index (χ0n) is 9.86. The van der Waals surface area contributed by atoms with Crippen LogP contribution in [0.4, 0.5) is 4.79 Å². The molecule has 0 spiro atoms. The number of nitrogens with zero attached hydrogens (tertiary/aromatic N) is 2. The third kappa shape index (κ3) is 2.35. The molecule has 2 heterocycles. The summed E-state index contributed by atoms with van der Waals surface area (Å²) in [5.74, 6) is 0.837. The molecule has 16 heavy (non-hydrogen) atoms. The summed E-state index contributed by atoms with van der Waals surface area (Å²) in [6.45, 7) is 6.63. The summed E-state index contributed by atoms with van der Waals surface area (Å²) in [4.78, 5) is 15.8. The first-order valence-corrected chi connectivity index (χ1v) is 5.45. The molecule has 5 nitrogen and oxygen atoms in total. The van der Waals surface area contributed by atoms with Crippen LogP contribution in [0, 0.1) is 0 Å². The van der Waals surface area contributed by atoms with Crippen molar-refractivity contribution >= 4 is 6.09 Å². The average Bonchev–Trinajstić information content (AvgIpc) is 2.66. The van der Waals surface area contributed by atoms with Crippen LogP contribution in [0.2, 0.25) is 0 Å². The average molecular weight is 223 g/mol. The first-order chi connectivity index (χ1) is 7.46. The summed E-state index contributed by atoms with van der Waals surface area (Å²) in [7, 11) is 0. The number of alkyl carbamates (subject to hydrolysis) is 1. The van der Waals surface area contributed by atoms with E-state index in [1.807, 2.05) is 31.5 Å². The number of carbonyl (C=O) groups excluding carboxylic acids is 1. The standard InChI is InChI=1S/C11H17N3O2/c1-11(2,3)13-10(15)16-8-4-6-14-7-5-12-9(8)14/h5,7-8H,4,6H2,1-3H3,(H,13,15). The number of hydrogen-bond acceptors (Lipinski definition) is 3. The topological polar surface area (TPSA) is 56.1 Å². The van der Waals surface area contributed by atoms with Crippen LogP contribution >= 0.6 is 0 Å². The van der Waals surface area contributed by atoms with Crippen molar-refractivity contribution in [1.82, 2.24) is 14.9 Å². The number of carbonyl (C=O) groups is 1. The highest BCUT2D eigenvalue weighted by Gasteiger charge is 2.28. The fraction of sp³-hybridized carbons (Fsp3) is 0.636. The second kappa shape index (κ2) is 3.81. The van der Waals surface area contributed by atoms with Crippen LogP contribution in [0.25, 0.3) is 0 Å². The Balaban J connectivity index is 1.95. The van der Waals surface area contributed by atoms with E-state index in [1.54, 1.807) is 6.20 Å². The largest absolute Gasteiger partial charge is 0.438 e. The molecule has 1 unspecified atom stereocenters. The van der Waals surface area contributed by atoms with Crippen LogP contribution in [0.3, 0.4) is 0 Å². The molecule has 1 aromatic heterocycles. The van der Waals surface area contributed by atoms with E-state index in [1.165, 1.54) is 0 Å². The Bertz CT molecular complexity index is 392. The summed E-state index contributed by atoms with van der Waals surface area (Å²) >= 11 is 0. The van der Waals surface area contributed by atoms with E-state index in [9.17, 15) is 4.79 Å². The van der Waals surface area contributed by atoms with Crippen LogP contribution in [-0.4, -0.2) is 21.2 Å². The molecule has 5 heteroatoms. The van der Waals surface area contributed by atoms with Crippen LogP contribution in [0.15, 0.2) is 12.4 Å². The van der Waals surface area contributed by atoms with Gasteiger partial charge in [-0.1, -0.05) is 0 Å². The van der Waals surface area contributed by atoms with E-state index >= 15 is 0 Å². The summed E-state index contributed by atoms with van der Waals surface area (Å²) in [6.07, 6.45) is 3.85. The second-order valence-corrected chi connectivity index (χ2v) is 5.04. The van der Waals surface area contributed by atoms with Crippen molar-refractivity contribution in [1.29, 1.82) is 0 Å². The van der Waals surface area contributed by atoms with Crippen LogP contribution in [0.1, 0.15) is 39.1 Å². The lowest BCUT2D eigenvalue weighted by molar-refractivity contribution is 0.0898. The van der Waals surface area contributed by atoms with Gasteiger partial charge < -0.3 is 14.6 Å². The normalized spacial score (nSPS) is 19.3. The molecule has 88 valence electrons. The molecule has 0 saturated carbocycles. The van der Waals surface area contributed by atoms with Crippen molar-refractivity contribution in [3.05, 3.63) is 18.2 Å². The Labute approximate surface area is 94.8 Å². The molecule has 1 atom stereocenters. The minimum atomic E-state index is -0.381. The number of amides is 1. The van der Waals surface area contributed by atoms with E-state index in [0.29, 0.717) is 0 Å². The zero-order chi connectivity index (χ0) is 11.8. The molecule has 0 fully saturated rings. The Kier molecular flexibility index (Phi) is 2.61. The maximum atomic E-state index is 11.6. The molecule has 0 bridgehead atoms. The van der Waals surface area contributed by atoms with Gasteiger partial charge in [-0.15, -0.1) is 0 Å². The van der Waals surface area contributed by atoms with Crippen molar-refractivity contribution < 1.29 is 9.53 Å². The fourth-order valence-corrected chi connectivity index (χ4v) is 1.76. The Morgan fingerprint density at radius 1 is 1.62 bits per heavy atom. The summed E-state index contributed by atoms with van der Waals surface area (Å²) < 4.78 is 7.35. The quantitative estimate of drug-likeness (QED) is 0.790. The van der Waals surface area contributed by atoms with E-state index in [-0.39, 0.29) is 17.7 Å². The number of fused-ring (bicyclic) bond motifs is 1. The van der Waals surface area contributed by atoms with E-state index in [2.05, 4.69) is 10.3 Å². The first-order valence-electron chi connectivity index (χ1n) is 5.45. The van der Waals surface area contributed by atoms with Crippen molar-refractivity contribution in [2.75, 3.05) is 0 Å². The SMILES string of the molecule is CC(C)(C)NC(=O)OC1CCn2ccnc21. The molecule has 0 saturated heterocycles. The minimum Gasteiger partial charge on any atom is -0.438 e. The number of imidazole rings is 1. The predicted octanol–water partition coefficient (Wildman–Crippen LogP) is 1.85. The highest BCUT2D eigenvalue weighted by Crippen LogP contribution is 2.27. The van der Waals surface area contributed by atoms with Gasteiger partial charge in [0.1, 0.15) is 5.82 Å². The summed E-state index contributed by atoms with van der Waals surface area (Å²) in [5.41, 5.74) is -0.273. The molecule has 1 aromatic rings. The number of ether oxygens (including phenoxy) is 1. The molecular weight excluding hydrogens is 206 g/mol. The predicted molar refractivity (Wildman–Crippen MR) is 59.0 cm³/mol. The van der Waals surface area contributed by atoms with Crippen molar-refractivity contribution in [3.8, 4) is 0 Å². The van der Waals surface area contributed by atoms with Crippen LogP contribution in [-0.2, 0) is 11.3 Å². The van der Waals surface area contributed by atoms with E-state index in [0.717, 1.165) is 18.8 Å². The minimum absolute atomic E-state index is 0.211. The third-order valence-corrected chi connectivity index (χ3v) is 2.39.